The highest BCUT2D eigenvalue weighted by molar-refractivity contribution is 5.81. The van der Waals surface area contributed by atoms with E-state index in [1.807, 2.05) is 18.5 Å². The molecule has 0 unspecified atom stereocenters. The summed E-state index contributed by atoms with van der Waals surface area (Å²) < 4.78 is 5.97. The fourth-order valence-corrected chi connectivity index (χ4v) is 4.77. The first-order valence-electron chi connectivity index (χ1n) is 11.1. The Morgan fingerprint density at radius 3 is 2.23 bits per heavy atom. The van der Waals surface area contributed by atoms with E-state index in [0.717, 1.165) is 62.2 Å². The highest BCUT2D eigenvalue weighted by atomic mass is 16.5. The number of ether oxygens (including phenoxy) is 1. The van der Waals surface area contributed by atoms with E-state index in [1.54, 1.807) is 0 Å². The fraction of sp³-hybridized carbons (Fsp3) is 0.423. The summed E-state index contributed by atoms with van der Waals surface area (Å²) in [7, 11) is 0. The van der Waals surface area contributed by atoms with Gasteiger partial charge in [0.15, 0.2) is 0 Å². The van der Waals surface area contributed by atoms with Crippen molar-refractivity contribution in [3.05, 3.63) is 64.6 Å². The van der Waals surface area contributed by atoms with Crippen molar-refractivity contribution in [1.29, 1.82) is 0 Å². The summed E-state index contributed by atoms with van der Waals surface area (Å²) in [6.45, 7) is 7.08. The Balaban J connectivity index is 1.61. The number of aromatic nitrogens is 3. The molecule has 0 aliphatic heterocycles. The summed E-state index contributed by atoms with van der Waals surface area (Å²) in [4.78, 5) is 14.8. The summed E-state index contributed by atoms with van der Waals surface area (Å²) in [5.74, 6) is 0. The zero-order chi connectivity index (χ0) is 20.7. The van der Waals surface area contributed by atoms with Gasteiger partial charge in [0.2, 0.25) is 0 Å². The van der Waals surface area contributed by atoms with Gasteiger partial charge in [0, 0.05) is 30.3 Å². The van der Waals surface area contributed by atoms with Crippen LogP contribution in [0.5, 0.6) is 0 Å². The monoisotopic (exact) mass is 399 g/mol. The Labute approximate surface area is 178 Å². The van der Waals surface area contributed by atoms with E-state index in [-0.39, 0.29) is 5.60 Å². The molecule has 0 spiro atoms. The van der Waals surface area contributed by atoms with Crippen LogP contribution in [0.1, 0.15) is 55.1 Å². The van der Waals surface area contributed by atoms with Crippen LogP contribution in [0.3, 0.4) is 0 Å². The van der Waals surface area contributed by atoms with Crippen molar-refractivity contribution in [3.8, 4) is 22.6 Å². The Hall–Kier alpha value is -2.59. The van der Waals surface area contributed by atoms with Gasteiger partial charge in [-0.15, -0.1) is 0 Å². The molecular formula is C26H29N3O. The molecule has 0 atom stereocenters. The number of rotatable bonds is 4. The lowest BCUT2D eigenvalue weighted by molar-refractivity contribution is -0.00393. The first kappa shape index (κ1) is 19.4. The van der Waals surface area contributed by atoms with Crippen LogP contribution < -0.4 is 0 Å². The highest BCUT2D eigenvalue weighted by Crippen LogP contribution is 2.42. The molecule has 2 aliphatic rings. The van der Waals surface area contributed by atoms with Crippen molar-refractivity contribution in [1.82, 2.24) is 15.0 Å². The van der Waals surface area contributed by atoms with E-state index in [1.165, 1.54) is 33.5 Å². The molecule has 0 bridgehead atoms. The van der Waals surface area contributed by atoms with Gasteiger partial charge in [-0.2, -0.15) is 0 Å². The summed E-state index contributed by atoms with van der Waals surface area (Å²) in [6.07, 6.45) is 9.81. The van der Waals surface area contributed by atoms with Gasteiger partial charge in [0.1, 0.15) is 0 Å². The molecule has 0 fully saturated rings. The zero-order valence-corrected chi connectivity index (χ0v) is 18.2. The van der Waals surface area contributed by atoms with E-state index < -0.39 is 0 Å². The Kier molecular flexibility index (Phi) is 4.90. The third kappa shape index (κ3) is 3.54. The van der Waals surface area contributed by atoms with Crippen LogP contribution in [0.15, 0.2) is 36.7 Å². The van der Waals surface area contributed by atoms with Gasteiger partial charge in [-0.3, -0.25) is 15.0 Å². The molecule has 154 valence electrons. The number of fused-ring (bicyclic) bond motifs is 7. The molecule has 0 saturated carbocycles. The smallest absolute Gasteiger partial charge is 0.0931 e. The molecule has 5 rings (SSSR count). The van der Waals surface area contributed by atoms with Crippen molar-refractivity contribution in [2.45, 2.75) is 64.9 Å². The zero-order valence-electron chi connectivity index (χ0n) is 18.2. The van der Waals surface area contributed by atoms with Gasteiger partial charge in [-0.05, 0) is 93.7 Å². The average Bonchev–Trinajstić information content (AvgIpc) is 2.75. The molecule has 0 N–H and O–H groups in total. The fourth-order valence-electron chi connectivity index (χ4n) is 4.77. The maximum absolute atomic E-state index is 5.97. The van der Waals surface area contributed by atoms with Crippen molar-refractivity contribution in [2.75, 3.05) is 6.61 Å². The topological polar surface area (TPSA) is 47.9 Å². The van der Waals surface area contributed by atoms with Gasteiger partial charge in [0.25, 0.3) is 0 Å². The number of hydrogen-bond acceptors (Lipinski definition) is 4. The minimum Gasteiger partial charge on any atom is -0.376 e. The molecule has 2 aliphatic carbocycles. The first-order chi connectivity index (χ1) is 14.5. The van der Waals surface area contributed by atoms with Crippen molar-refractivity contribution in [3.63, 3.8) is 0 Å². The second-order valence-corrected chi connectivity index (χ2v) is 9.33. The molecule has 3 aromatic rings. The maximum atomic E-state index is 5.97. The van der Waals surface area contributed by atoms with Crippen LogP contribution in [0.25, 0.3) is 22.6 Å². The van der Waals surface area contributed by atoms with Crippen LogP contribution >= 0.6 is 0 Å². The second-order valence-electron chi connectivity index (χ2n) is 9.33. The van der Waals surface area contributed by atoms with Gasteiger partial charge < -0.3 is 4.74 Å². The Bertz CT molecular complexity index is 1100. The Morgan fingerprint density at radius 1 is 0.833 bits per heavy atom. The minimum atomic E-state index is -0.103. The van der Waals surface area contributed by atoms with Crippen LogP contribution in [0, 0.1) is 0 Å². The lowest BCUT2D eigenvalue weighted by Crippen LogP contribution is -2.21. The van der Waals surface area contributed by atoms with E-state index in [4.69, 9.17) is 19.7 Å². The lowest BCUT2D eigenvalue weighted by atomic mass is 9.80. The molecule has 3 aromatic heterocycles. The second kappa shape index (κ2) is 7.59. The largest absolute Gasteiger partial charge is 0.376 e. The predicted molar refractivity (Wildman–Crippen MR) is 120 cm³/mol. The molecule has 0 amide bonds. The molecule has 30 heavy (non-hydrogen) atoms. The third-order valence-corrected chi connectivity index (χ3v) is 6.11. The van der Waals surface area contributed by atoms with Crippen molar-refractivity contribution in [2.24, 2.45) is 0 Å². The molecule has 4 heteroatoms. The van der Waals surface area contributed by atoms with Gasteiger partial charge in [-0.25, -0.2) is 0 Å². The van der Waals surface area contributed by atoms with Crippen molar-refractivity contribution >= 4 is 0 Å². The van der Waals surface area contributed by atoms with Crippen LogP contribution in [-0.2, 0) is 36.8 Å². The van der Waals surface area contributed by atoms with E-state index in [9.17, 15) is 0 Å². The number of hydrogen-bond donors (Lipinski definition) is 0. The van der Waals surface area contributed by atoms with Crippen molar-refractivity contribution < 1.29 is 4.74 Å². The first-order valence-corrected chi connectivity index (χ1v) is 11.1. The molecule has 0 aromatic carbocycles. The lowest BCUT2D eigenvalue weighted by Gasteiger charge is -2.28. The van der Waals surface area contributed by atoms with Crippen LogP contribution in [0.2, 0.25) is 0 Å². The standard InChI is InChI=1S/C26H29N3O/c1-26(2,3)30-16-6-9-21-19-12-10-17-7-4-14-27-23(17)22(19)20-13-11-18-8-5-15-28-24(18)25(20)29-21/h4-5,7-8,14-15H,6,9-13,16H2,1-3H3. The van der Waals surface area contributed by atoms with Crippen LogP contribution in [-0.4, -0.2) is 27.2 Å². The SMILES string of the molecule is CC(C)(C)OCCCc1nc2c(c3c1CCc1cccnc1-3)CCc1cccnc1-2. The minimum absolute atomic E-state index is 0.103. The van der Waals surface area contributed by atoms with E-state index >= 15 is 0 Å². The molecule has 0 radical (unpaired) electrons. The number of nitrogens with zero attached hydrogens (tertiary/aromatic N) is 3. The van der Waals surface area contributed by atoms with Gasteiger partial charge in [0.05, 0.1) is 22.7 Å². The number of pyridine rings is 3. The Morgan fingerprint density at radius 2 is 1.50 bits per heavy atom. The average molecular weight is 400 g/mol. The van der Waals surface area contributed by atoms with Gasteiger partial charge >= 0.3 is 0 Å². The highest BCUT2D eigenvalue weighted by Gasteiger charge is 2.29. The summed E-state index contributed by atoms with van der Waals surface area (Å²) in [6, 6.07) is 8.50. The maximum Gasteiger partial charge on any atom is 0.0931 e. The predicted octanol–water partition coefficient (Wildman–Crippen LogP) is 5.15. The summed E-state index contributed by atoms with van der Waals surface area (Å²) in [5.41, 5.74) is 11.1. The molecule has 4 nitrogen and oxygen atoms in total. The summed E-state index contributed by atoms with van der Waals surface area (Å²) in [5, 5.41) is 0. The molecule has 3 heterocycles. The number of aryl methyl sites for hydroxylation is 3. The summed E-state index contributed by atoms with van der Waals surface area (Å²) >= 11 is 0. The molecular weight excluding hydrogens is 370 g/mol. The van der Waals surface area contributed by atoms with E-state index in [2.05, 4.69) is 39.0 Å². The van der Waals surface area contributed by atoms with Crippen LogP contribution in [0.4, 0.5) is 0 Å². The van der Waals surface area contributed by atoms with Gasteiger partial charge in [-0.1, -0.05) is 12.1 Å². The quantitative estimate of drug-likeness (QED) is 0.569. The molecule has 0 saturated heterocycles. The third-order valence-electron chi connectivity index (χ3n) is 6.11. The normalized spacial score (nSPS) is 14.5. The van der Waals surface area contributed by atoms with E-state index in [0.29, 0.717) is 0 Å².